The Bertz CT molecular complexity index is 2340. The van der Waals surface area contributed by atoms with E-state index in [1.807, 2.05) is 39.8 Å². The van der Waals surface area contributed by atoms with Crippen molar-refractivity contribution in [3.05, 3.63) is 99.7 Å². The average molecular weight is 790 g/mol. The predicted molar refractivity (Wildman–Crippen MR) is 210 cm³/mol. The monoisotopic (exact) mass is 789 g/mol. The van der Waals surface area contributed by atoms with Gasteiger partial charge in [-0.15, -0.1) is 0 Å². The Morgan fingerprint density at radius 1 is 0.914 bits per heavy atom. The summed E-state index contributed by atoms with van der Waals surface area (Å²) < 4.78 is 27.8. The zero-order valence-electron chi connectivity index (χ0n) is 32.3. The van der Waals surface area contributed by atoms with Gasteiger partial charge in [-0.2, -0.15) is 0 Å². The molecule has 3 aromatic carbocycles. The van der Waals surface area contributed by atoms with Crippen LogP contribution in [0.25, 0.3) is 10.9 Å². The molecule has 6 aliphatic rings. The maximum absolute atomic E-state index is 13.9. The van der Waals surface area contributed by atoms with Gasteiger partial charge in [-0.1, -0.05) is 30.3 Å². The highest BCUT2D eigenvalue weighted by atomic mass is 19.3. The Balaban J connectivity index is 0.743. The van der Waals surface area contributed by atoms with Crippen LogP contribution >= 0.6 is 0 Å². The maximum atomic E-state index is 13.9. The van der Waals surface area contributed by atoms with Gasteiger partial charge in [0.25, 0.3) is 18.2 Å². The van der Waals surface area contributed by atoms with Crippen LogP contribution in [-0.4, -0.2) is 112 Å². The van der Waals surface area contributed by atoms with E-state index in [0.717, 1.165) is 89.3 Å². The number of aromatic amines is 1. The minimum Gasteiger partial charge on any atom is -0.371 e. The number of nitrogens with zero attached hydrogens (tertiary/aromatic N) is 5. The van der Waals surface area contributed by atoms with Crippen molar-refractivity contribution < 1.29 is 32.8 Å². The van der Waals surface area contributed by atoms with E-state index in [0.29, 0.717) is 13.1 Å². The highest BCUT2D eigenvalue weighted by Gasteiger charge is 2.48. The number of hydrogen-bond acceptors (Lipinski definition) is 8. The molecule has 1 unspecified atom stereocenters. The molecule has 4 aromatic rings. The van der Waals surface area contributed by atoms with E-state index < -0.39 is 36.1 Å². The number of piperidine rings is 2. The molecule has 14 heteroatoms. The molecule has 0 saturated carbocycles. The summed E-state index contributed by atoms with van der Waals surface area (Å²) in [5.41, 5.74) is 7.73. The van der Waals surface area contributed by atoms with Crippen LogP contribution in [0.5, 0.6) is 0 Å². The SMILES string of the molecule is C[C@@H]1Cc2c([nH]c3ccccc23)[C@@H](c2ccc(N3CCC4(CC3)CN(C(=O)CN3Cc5cc6c(cc5C3)C(=O)N(C3CCC(=O)NC3=O)C6=O)C4)cc2)N1CC(F)F. The smallest absolute Gasteiger partial charge is 0.262 e. The van der Waals surface area contributed by atoms with E-state index in [4.69, 9.17) is 0 Å². The largest absolute Gasteiger partial charge is 0.371 e. The standard InChI is InChI=1S/C44H45F2N7O5/c1-25-16-31-30-4-2-3-5-34(30)47-39(31)40(52(25)21-36(45)46)26-6-8-29(9-7-26)50-14-12-44(13-15-50)23-51(24-44)38(55)22-49-19-27-17-32-33(18-28(27)20-49)43(58)53(42(32)57)35-10-11-37(54)48-41(35)56/h2-9,17-18,25,35-36,40,47H,10-16,19-24H2,1H3,(H,48,54,56)/t25-,35?,40-/m1/s1. The number of alkyl halides is 2. The van der Waals surface area contributed by atoms with Gasteiger partial charge in [0.1, 0.15) is 6.04 Å². The summed E-state index contributed by atoms with van der Waals surface area (Å²) in [6, 6.07) is 18.7. The van der Waals surface area contributed by atoms with Crippen LogP contribution in [0.4, 0.5) is 14.5 Å². The van der Waals surface area contributed by atoms with Crippen LogP contribution in [-0.2, 0) is 33.9 Å². The lowest BCUT2D eigenvalue weighted by molar-refractivity contribution is -0.146. The molecular formula is C44H45F2N7O5. The summed E-state index contributed by atoms with van der Waals surface area (Å²) in [5.74, 6) is -2.04. The molecule has 0 bridgehead atoms. The minimum absolute atomic E-state index is 0.0364. The third-order valence-electron chi connectivity index (χ3n) is 13.6. The third kappa shape index (κ3) is 6.10. The number of anilines is 1. The number of halogens is 2. The maximum Gasteiger partial charge on any atom is 0.262 e. The third-order valence-corrected chi connectivity index (χ3v) is 13.6. The molecule has 0 aliphatic carbocycles. The summed E-state index contributed by atoms with van der Waals surface area (Å²) >= 11 is 0. The first-order chi connectivity index (χ1) is 27.9. The Hall–Kier alpha value is -5.47. The molecule has 58 heavy (non-hydrogen) atoms. The number of para-hydroxylation sites is 1. The Morgan fingerprint density at radius 2 is 1.59 bits per heavy atom. The Morgan fingerprint density at radius 3 is 2.24 bits per heavy atom. The zero-order chi connectivity index (χ0) is 40.0. The quantitative estimate of drug-likeness (QED) is 0.260. The fourth-order valence-corrected chi connectivity index (χ4v) is 10.5. The molecule has 3 saturated heterocycles. The van der Waals surface area contributed by atoms with Crippen LogP contribution in [0.2, 0.25) is 0 Å². The minimum atomic E-state index is -2.43. The molecule has 3 fully saturated rings. The molecule has 300 valence electrons. The predicted octanol–water partition coefficient (Wildman–Crippen LogP) is 4.61. The molecule has 1 aromatic heterocycles. The van der Waals surface area contributed by atoms with E-state index >= 15 is 0 Å². The number of amides is 5. The molecule has 5 amide bonds. The van der Waals surface area contributed by atoms with Crippen LogP contribution in [0, 0.1) is 5.41 Å². The Kier molecular flexibility index (Phi) is 8.79. The molecule has 1 spiro atoms. The molecular weight excluding hydrogens is 745 g/mol. The van der Waals surface area contributed by atoms with Crippen molar-refractivity contribution in [2.24, 2.45) is 5.41 Å². The number of carbonyl (C=O) groups excluding carboxylic acids is 5. The molecule has 6 aliphatic heterocycles. The number of fused-ring (bicyclic) bond motifs is 5. The van der Waals surface area contributed by atoms with Crippen LogP contribution in [0.1, 0.15) is 87.3 Å². The van der Waals surface area contributed by atoms with Crippen molar-refractivity contribution >= 4 is 46.1 Å². The van der Waals surface area contributed by atoms with Crippen molar-refractivity contribution in [3.63, 3.8) is 0 Å². The van der Waals surface area contributed by atoms with E-state index in [9.17, 15) is 32.8 Å². The number of H-pyrrole nitrogens is 1. The summed E-state index contributed by atoms with van der Waals surface area (Å²) in [4.78, 5) is 77.0. The molecule has 7 heterocycles. The van der Waals surface area contributed by atoms with Crippen molar-refractivity contribution in [3.8, 4) is 0 Å². The second kappa shape index (κ2) is 13.8. The van der Waals surface area contributed by atoms with Gasteiger partial charge < -0.3 is 14.8 Å². The van der Waals surface area contributed by atoms with Gasteiger partial charge in [-0.25, -0.2) is 8.78 Å². The van der Waals surface area contributed by atoms with E-state index in [1.54, 1.807) is 12.1 Å². The number of likely N-dealkylation sites (tertiary alicyclic amines) is 1. The summed E-state index contributed by atoms with van der Waals surface area (Å²) in [7, 11) is 0. The van der Waals surface area contributed by atoms with Crippen molar-refractivity contribution in [2.45, 2.75) is 76.7 Å². The fourth-order valence-electron chi connectivity index (χ4n) is 10.5. The molecule has 10 rings (SSSR count). The highest BCUT2D eigenvalue weighted by Crippen LogP contribution is 2.44. The van der Waals surface area contributed by atoms with Gasteiger partial charge in [0.15, 0.2) is 0 Å². The number of nitrogens with one attached hydrogen (secondary N) is 2. The molecule has 0 radical (unpaired) electrons. The van der Waals surface area contributed by atoms with Crippen LogP contribution in [0.15, 0.2) is 60.7 Å². The van der Waals surface area contributed by atoms with Crippen LogP contribution in [0.3, 0.4) is 0 Å². The number of benzene rings is 3. The lowest BCUT2D eigenvalue weighted by atomic mass is 9.72. The number of hydrogen-bond donors (Lipinski definition) is 2. The highest BCUT2D eigenvalue weighted by molar-refractivity contribution is 6.23. The second-order valence-corrected chi connectivity index (χ2v) is 17.2. The normalized spacial score (nSPS) is 24.4. The lowest BCUT2D eigenvalue weighted by Crippen LogP contribution is -2.63. The average Bonchev–Trinajstić information content (AvgIpc) is 3.83. The number of imide groups is 2. The van der Waals surface area contributed by atoms with E-state index in [-0.39, 0.29) is 60.5 Å². The summed E-state index contributed by atoms with van der Waals surface area (Å²) in [5, 5.41) is 3.38. The zero-order valence-corrected chi connectivity index (χ0v) is 32.3. The molecule has 12 nitrogen and oxygen atoms in total. The first-order valence-corrected chi connectivity index (χ1v) is 20.3. The van der Waals surface area contributed by atoms with Crippen molar-refractivity contribution in [2.75, 3.05) is 44.2 Å². The lowest BCUT2D eigenvalue weighted by Gasteiger charge is -2.54. The van der Waals surface area contributed by atoms with Crippen LogP contribution < -0.4 is 10.2 Å². The van der Waals surface area contributed by atoms with Gasteiger partial charge >= 0.3 is 0 Å². The second-order valence-electron chi connectivity index (χ2n) is 17.2. The fraction of sp³-hybridized carbons (Fsp3) is 0.432. The van der Waals surface area contributed by atoms with Gasteiger partial charge in [-0.05, 0) is 85.2 Å². The Labute approximate surface area is 334 Å². The van der Waals surface area contributed by atoms with Crippen molar-refractivity contribution in [1.82, 2.24) is 29.9 Å². The molecule has 3 atom stereocenters. The van der Waals surface area contributed by atoms with Gasteiger partial charge in [0.05, 0.1) is 30.3 Å². The first kappa shape index (κ1) is 36.8. The van der Waals surface area contributed by atoms with Gasteiger partial charge in [0.2, 0.25) is 17.7 Å². The van der Waals surface area contributed by atoms with E-state index in [2.05, 4.69) is 45.5 Å². The molecule has 2 N–H and O–H groups in total. The van der Waals surface area contributed by atoms with Gasteiger partial charge in [-0.3, -0.25) is 44.0 Å². The first-order valence-electron chi connectivity index (χ1n) is 20.3. The topological polar surface area (TPSA) is 129 Å². The summed E-state index contributed by atoms with van der Waals surface area (Å²) in [6.45, 7) is 6.14. The van der Waals surface area contributed by atoms with E-state index in [1.165, 1.54) is 5.56 Å². The number of carbonyl (C=O) groups is 5. The van der Waals surface area contributed by atoms with Gasteiger partial charge in [0, 0.05) is 79.4 Å². The number of rotatable bonds is 7. The number of aromatic nitrogens is 1. The summed E-state index contributed by atoms with van der Waals surface area (Å²) in [6.07, 6.45) is 0.400. The van der Waals surface area contributed by atoms with Crippen molar-refractivity contribution in [1.29, 1.82) is 0 Å².